The Morgan fingerprint density at radius 3 is 3.08 bits per heavy atom. The van der Waals surface area contributed by atoms with E-state index < -0.39 is 0 Å². The minimum atomic E-state index is -0.181. The molecule has 4 heteroatoms. The fraction of sp³-hybridized carbons (Fsp3) is 0.333. The molecule has 0 spiro atoms. The number of nitrogen functional groups attached to an aromatic ring is 1. The van der Waals surface area contributed by atoms with E-state index in [-0.39, 0.29) is 18.1 Å². The Bertz CT molecular complexity index is 299. The van der Waals surface area contributed by atoms with Gasteiger partial charge >= 0.3 is 0 Å². The highest BCUT2D eigenvalue weighted by atomic mass is 16.5. The fourth-order valence-electron chi connectivity index (χ4n) is 0.914. The summed E-state index contributed by atoms with van der Waals surface area (Å²) in [5.74, 6) is -0.181. The number of carbonyl (C=O) groups is 1. The van der Waals surface area contributed by atoms with Crippen molar-refractivity contribution in [1.29, 1.82) is 0 Å². The lowest BCUT2D eigenvalue weighted by atomic mass is 10.2. The van der Waals surface area contributed by atoms with E-state index in [1.807, 2.05) is 6.92 Å². The Balaban J connectivity index is 2.71. The van der Waals surface area contributed by atoms with Gasteiger partial charge in [-0.2, -0.15) is 0 Å². The molecule has 1 aromatic rings. The van der Waals surface area contributed by atoms with Gasteiger partial charge in [0.15, 0.2) is 0 Å². The number of pyridine rings is 1. The number of aromatic nitrogens is 1. The maximum Gasteiger partial charge on any atom is 0.208 e. The summed E-state index contributed by atoms with van der Waals surface area (Å²) < 4.78 is 4.96. The molecule has 0 atom stereocenters. The summed E-state index contributed by atoms with van der Waals surface area (Å²) in [7, 11) is 0. The monoisotopic (exact) mass is 180 g/mol. The van der Waals surface area contributed by atoms with E-state index in [2.05, 4.69) is 4.98 Å². The molecule has 2 N–H and O–H groups in total. The second kappa shape index (κ2) is 4.57. The number of Topliss-reactive ketones (excluding diaryl/α,β-unsaturated/α-hetero) is 1. The Morgan fingerprint density at radius 2 is 2.46 bits per heavy atom. The third-order valence-electron chi connectivity index (χ3n) is 1.54. The highest BCUT2D eigenvalue weighted by Crippen LogP contribution is 2.07. The molecule has 0 unspecified atom stereocenters. The first kappa shape index (κ1) is 9.67. The second-order valence-electron chi connectivity index (χ2n) is 2.50. The van der Waals surface area contributed by atoms with Gasteiger partial charge in [0.25, 0.3) is 0 Å². The highest BCUT2D eigenvalue weighted by Gasteiger charge is 2.09. The summed E-state index contributed by atoms with van der Waals surface area (Å²) >= 11 is 0. The van der Waals surface area contributed by atoms with Crippen LogP contribution in [0, 0.1) is 0 Å². The van der Waals surface area contributed by atoms with E-state index >= 15 is 0 Å². The van der Waals surface area contributed by atoms with Crippen LogP contribution in [0.1, 0.15) is 17.4 Å². The summed E-state index contributed by atoms with van der Waals surface area (Å²) in [6.07, 6.45) is 1.54. The molecule has 70 valence electrons. The Hall–Kier alpha value is -1.42. The van der Waals surface area contributed by atoms with Crippen LogP contribution in [-0.4, -0.2) is 24.0 Å². The van der Waals surface area contributed by atoms with Gasteiger partial charge in [-0.15, -0.1) is 0 Å². The van der Waals surface area contributed by atoms with Crippen molar-refractivity contribution < 1.29 is 9.53 Å². The van der Waals surface area contributed by atoms with Crippen LogP contribution in [0.25, 0.3) is 0 Å². The highest BCUT2D eigenvalue weighted by molar-refractivity contribution is 5.99. The van der Waals surface area contributed by atoms with Crippen molar-refractivity contribution >= 4 is 11.5 Å². The number of carbonyl (C=O) groups excluding carboxylic acids is 1. The molecule has 1 aromatic heterocycles. The molecular formula is C9H12N2O2. The summed E-state index contributed by atoms with van der Waals surface area (Å²) in [5.41, 5.74) is 6.24. The van der Waals surface area contributed by atoms with Gasteiger partial charge < -0.3 is 10.5 Å². The molecule has 0 aromatic carbocycles. The van der Waals surface area contributed by atoms with Gasteiger partial charge in [0.1, 0.15) is 12.3 Å². The first-order valence-corrected chi connectivity index (χ1v) is 4.07. The summed E-state index contributed by atoms with van der Waals surface area (Å²) in [6.45, 7) is 2.38. The topological polar surface area (TPSA) is 65.2 Å². The maximum absolute atomic E-state index is 11.4. The zero-order valence-corrected chi connectivity index (χ0v) is 7.49. The molecule has 0 aliphatic rings. The average Bonchev–Trinajstić information content (AvgIpc) is 2.15. The number of hydrogen-bond donors (Lipinski definition) is 1. The van der Waals surface area contributed by atoms with Crippen LogP contribution in [0.4, 0.5) is 5.69 Å². The normalized spacial score (nSPS) is 9.92. The Morgan fingerprint density at radius 1 is 1.69 bits per heavy atom. The zero-order chi connectivity index (χ0) is 9.68. The quantitative estimate of drug-likeness (QED) is 0.698. The lowest BCUT2D eigenvalue weighted by Crippen LogP contribution is -2.12. The molecule has 0 saturated heterocycles. The lowest BCUT2D eigenvalue weighted by molar-refractivity contribution is 0.0779. The predicted molar refractivity (Wildman–Crippen MR) is 49.5 cm³/mol. The fourth-order valence-corrected chi connectivity index (χ4v) is 0.914. The van der Waals surface area contributed by atoms with Gasteiger partial charge in [-0.25, -0.2) is 0 Å². The molecule has 0 bridgehead atoms. The number of hydrogen-bond acceptors (Lipinski definition) is 4. The van der Waals surface area contributed by atoms with E-state index in [1.165, 1.54) is 6.20 Å². The largest absolute Gasteiger partial charge is 0.397 e. The molecule has 0 aliphatic carbocycles. The third-order valence-corrected chi connectivity index (χ3v) is 1.54. The second-order valence-corrected chi connectivity index (χ2v) is 2.50. The maximum atomic E-state index is 11.4. The van der Waals surface area contributed by atoms with Crippen LogP contribution in [-0.2, 0) is 4.74 Å². The van der Waals surface area contributed by atoms with Crippen molar-refractivity contribution in [2.24, 2.45) is 0 Å². The smallest absolute Gasteiger partial charge is 0.208 e. The molecule has 0 aliphatic heterocycles. The molecule has 0 amide bonds. The predicted octanol–water partition coefficient (Wildman–Crippen LogP) is 0.883. The van der Waals surface area contributed by atoms with E-state index in [0.29, 0.717) is 12.3 Å². The standard InChI is InChI=1S/C9H12N2O2/c1-2-13-6-8(12)9-7(10)4-3-5-11-9/h3-5H,2,6,10H2,1H3. The van der Waals surface area contributed by atoms with Gasteiger partial charge in [0, 0.05) is 12.8 Å². The first-order valence-electron chi connectivity index (χ1n) is 4.07. The van der Waals surface area contributed by atoms with Gasteiger partial charge in [-0.1, -0.05) is 0 Å². The summed E-state index contributed by atoms with van der Waals surface area (Å²) in [6, 6.07) is 3.33. The van der Waals surface area contributed by atoms with Crippen molar-refractivity contribution in [3.63, 3.8) is 0 Å². The van der Waals surface area contributed by atoms with Gasteiger partial charge in [0.2, 0.25) is 5.78 Å². The van der Waals surface area contributed by atoms with Gasteiger partial charge in [-0.05, 0) is 19.1 Å². The molecule has 0 fully saturated rings. The molecule has 0 saturated carbocycles. The average molecular weight is 180 g/mol. The van der Waals surface area contributed by atoms with E-state index in [9.17, 15) is 4.79 Å². The van der Waals surface area contributed by atoms with Gasteiger partial charge in [-0.3, -0.25) is 9.78 Å². The number of nitrogens with zero attached hydrogens (tertiary/aromatic N) is 1. The molecular weight excluding hydrogens is 168 g/mol. The number of rotatable bonds is 4. The molecule has 13 heavy (non-hydrogen) atoms. The van der Waals surface area contributed by atoms with Gasteiger partial charge in [0.05, 0.1) is 5.69 Å². The Kier molecular flexibility index (Phi) is 3.40. The zero-order valence-electron chi connectivity index (χ0n) is 7.49. The van der Waals surface area contributed by atoms with Crippen LogP contribution in [0.3, 0.4) is 0 Å². The first-order chi connectivity index (χ1) is 6.25. The lowest BCUT2D eigenvalue weighted by Gasteiger charge is -2.02. The summed E-state index contributed by atoms with van der Waals surface area (Å²) in [5, 5.41) is 0. The molecule has 4 nitrogen and oxygen atoms in total. The van der Waals surface area contributed by atoms with E-state index in [1.54, 1.807) is 12.1 Å². The van der Waals surface area contributed by atoms with Crippen LogP contribution < -0.4 is 5.73 Å². The third kappa shape index (κ3) is 2.52. The number of nitrogens with two attached hydrogens (primary N) is 1. The van der Waals surface area contributed by atoms with Crippen molar-refractivity contribution in [3.05, 3.63) is 24.0 Å². The van der Waals surface area contributed by atoms with Crippen LogP contribution in [0.15, 0.2) is 18.3 Å². The van der Waals surface area contributed by atoms with Crippen LogP contribution in [0.5, 0.6) is 0 Å². The number of anilines is 1. The van der Waals surface area contributed by atoms with E-state index in [4.69, 9.17) is 10.5 Å². The van der Waals surface area contributed by atoms with E-state index in [0.717, 1.165) is 0 Å². The number of ketones is 1. The van der Waals surface area contributed by atoms with Crippen molar-refractivity contribution in [2.45, 2.75) is 6.92 Å². The van der Waals surface area contributed by atoms with Crippen LogP contribution in [0.2, 0.25) is 0 Å². The van der Waals surface area contributed by atoms with Crippen molar-refractivity contribution in [2.75, 3.05) is 18.9 Å². The minimum Gasteiger partial charge on any atom is -0.397 e. The summed E-state index contributed by atoms with van der Waals surface area (Å²) in [4.78, 5) is 15.2. The SMILES string of the molecule is CCOCC(=O)c1ncccc1N. The number of ether oxygens (including phenoxy) is 1. The minimum absolute atomic E-state index is 0.0394. The molecule has 1 heterocycles. The molecule has 0 radical (unpaired) electrons. The van der Waals surface area contributed by atoms with Crippen molar-refractivity contribution in [1.82, 2.24) is 4.98 Å². The Labute approximate surface area is 76.7 Å². The van der Waals surface area contributed by atoms with Crippen molar-refractivity contribution in [3.8, 4) is 0 Å². The molecule has 1 rings (SSSR count). The van der Waals surface area contributed by atoms with Crippen LogP contribution >= 0.6 is 0 Å².